The number of nitrogen functional groups attached to an aromatic ring is 1. The van der Waals surface area contributed by atoms with E-state index in [-0.39, 0.29) is 5.91 Å². The molecule has 2 aromatic rings. The van der Waals surface area contributed by atoms with Gasteiger partial charge in [0.15, 0.2) is 0 Å². The average Bonchev–Trinajstić information content (AvgIpc) is 2.78. The van der Waals surface area contributed by atoms with Gasteiger partial charge in [-0.3, -0.25) is 9.48 Å². The number of carbonyl (C=O) groups is 1. The summed E-state index contributed by atoms with van der Waals surface area (Å²) in [5.74, 6) is -0.224. The van der Waals surface area contributed by atoms with Crippen LogP contribution in [-0.2, 0) is 19.9 Å². The number of aryl methyl sites for hydroxylation is 3. The smallest absolute Gasteiger partial charge is 0.276 e. The third-order valence-corrected chi connectivity index (χ3v) is 3.42. The van der Waals surface area contributed by atoms with Gasteiger partial charge >= 0.3 is 0 Å². The predicted molar refractivity (Wildman–Crippen MR) is 80.8 cm³/mol. The molecule has 1 heterocycles. The van der Waals surface area contributed by atoms with Gasteiger partial charge in [-0.05, 0) is 24.0 Å². The lowest BCUT2D eigenvalue weighted by atomic mass is 10.0. The first-order chi connectivity index (χ1) is 9.58. The normalized spacial score (nSPS) is 10.6. The number of nitrogens with zero attached hydrogens (tertiary/aromatic N) is 2. The first-order valence-electron chi connectivity index (χ1n) is 6.78. The Kier molecular flexibility index (Phi) is 4.08. The van der Waals surface area contributed by atoms with E-state index in [4.69, 9.17) is 5.73 Å². The predicted octanol–water partition coefficient (Wildman–Crippen LogP) is 2.38. The van der Waals surface area contributed by atoms with Crippen molar-refractivity contribution in [2.24, 2.45) is 7.05 Å². The van der Waals surface area contributed by atoms with E-state index in [9.17, 15) is 4.79 Å². The van der Waals surface area contributed by atoms with Crippen molar-refractivity contribution in [3.63, 3.8) is 0 Å². The number of benzene rings is 1. The van der Waals surface area contributed by atoms with Crippen molar-refractivity contribution >= 4 is 17.3 Å². The van der Waals surface area contributed by atoms with E-state index in [0.29, 0.717) is 11.4 Å². The molecule has 2 rings (SSSR count). The van der Waals surface area contributed by atoms with Crippen LogP contribution in [0.5, 0.6) is 0 Å². The van der Waals surface area contributed by atoms with E-state index in [1.165, 1.54) is 10.9 Å². The minimum atomic E-state index is -0.224. The molecule has 5 heteroatoms. The van der Waals surface area contributed by atoms with Crippen LogP contribution in [0.3, 0.4) is 0 Å². The molecule has 0 radical (unpaired) electrons. The number of amides is 1. The molecule has 0 saturated heterocycles. The Morgan fingerprint density at radius 3 is 2.35 bits per heavy atom. The largest absolute Gasteiger partial charge is 0.396 e. The number of nitrogens with one attached hydrogen (secondary N) is 1. The molecule has 20 heavy (non-hydrogen) atoms. The molecule has 1 amide bonds. The summed E-state index contributed by atoms with van der Waals surface area (Å²) in [4.78, 5) is 12.4. The Bertz CT molecular complexity index is 589. The van der Waals surface area contributed by atoms with Crippen molar-refractivity contribution in [1.82, 2.24) is 9.78 Å². The van der Waals surface area contributed by atoms with Gasteiger partial charge in [-0.2, -0.15) is 5.10 Å². The fourth-order valence-electron chi connectivity index (χ4n) is 2.31. The van der Waals surface area contributed by atoms with Gasteiger partial charge in [0.2, 0.25) is 0 Å². The molecule has 0 saturated carbocycles. The van der Waals surface area contributed by atoms with Crippen LogP contribution in [0.2, 0.25) is 0 Å². The number of anilines is 2. The van der Waals surface area contributed by atoms with Crippen molar-refractivity contribution in [1.29, 1.82) is 0 Å². The van der Waals surface area contributed by atoms with E-state index in [0.717, 1.165) is 29.7 Å². The van der Waals surface area contributed by atoms with Gasteiger partial charge < -0.3 is 11.1 Å². The van der Waals surface area contributed by atoms with Crippen molar-refractivity contribution in [3.05, 3.63) is 41.2 Å². The number of nitrogens with two attached hydrogens (primary N) is 1. The Hall–Kier alpha value is -2.30. The van der Waals surface area contributed by atoms with Crippen LogP contribution in [0.4, 0.5) is 11.4 Å². The van der Waals surface area contributed by atoms with E-state index in [1.807, 2.05) is 18.2 Å². The molecular weight excluding hydrogens is 252 g/mol. The molecule has 0 aliphatic rings. The number of hydrogen-bond donors (Lipinski definition) is 2. The first kappa shape index (κ1) is 14.1. The average molecular weight is 272 g/mol. The van der Waals surface area contributed by atoms with Gasteiger partial charge in [-0.1, -0.05) is 32.0 Å². The summed E-state index contributed by atoms with van der Waals surface area (Å²) in [5.41, 5.74) is 9.70. The second-order valence-corrected chi connectivity index (χ2v) is 4.68. The number of para-hydroxylation sites is 1. The van der Waals surface area contributed by atoms with Crippen LogP contribution < -0.4 is 11.1 Å². The molecule has 1 aromatic heterocycles. The van der Waals surface area contributed by atoms with Crippen molar-refractivity contribution in [3.8, 4) is 0 Å². The highest BCUT2D eigenvalue weighted by Gasteiger charge is 2.17. The number of carbonyl (C=O) groups excluding carboxylic acids is 1. The van der Waals surface area contributed by atoms with Crippen LogP contribution in [-0.4, -0.2) is 15.7 Å². The third-order valence-electron chi connectivity index (χ3n) is 3.42. The van der Waals surface area contributed by atoms with Gasteiger partial charge in [0, 0.05) is 12.7 Å². The second kappa shape index (κ2) is 5.77. The molecule has 0 unspecified atom stereocenters. The van der Waals surface area contributed by atoms with Crippen LogP contribution in [0.1, 0.15) is 35.5 Å². The maximum absolute atomic E-state index is 12.4. The molecule has 0 aliphatic heterocycles. The van der Waals surface area contributed by atoms with Gasteiger partial charge in [-0.15, -0.1) is 0 Å². The summed E-state index contributed by atoms with van der Waals surface area (Å²) in [7, 11) is 1.71. The zero-order valence-corrected chi connectivity index (χ0v) is 12.1. The van der Waals surface area contributed by atoms with Crippen LogP contribution >= 0.6 is 0 Å². The van der Waals surface area contributed by atoms with Crippen molar-refractivity contribution in [2.75, 3.05) is 11.1 Å². The maximum atomic E-state index is 12.4. The zero-order valence-electron chi connectivity index (χ0n) is 12.1. The molecule has 0 aliphatic carbocycles. The topological polar surface area (TPSA) is 72.9 Å². The van der Waals surface area contributed by atoms with Gasteiger partial charge in [-0.25, -0.2) is 0 Å². The van der Waals surface area contributed by atoms with E-state index >= 15 is 0 Å². The Morgan fingerprint density at radius 2 is 1.90 bits per heavy atom. The van der Waals surface area contributed by atoms with Crippen molar-refractivity contribution < 1.29 is 4.79 Å². The number of rotatable bonds is 4. The third kappa shape index (κ3) is 2.52. The molecular formula is C15H20N4O. The zero-order chi connectivity index (χ0) is 14.7. The summed E-state index contributed by atoms with van der Waals surface area (Å²) in [6.45, 7) is 4.14. The summed E-state index contributed by atoms with van der Waals surface area (Å²) in [6, 6.07) is 6.08. The lowest BCUT2D eigenvalue weighted by molar-refractivity contribution is 0.101. The Morgan fingerprint density at radius 1 is 1.30 bits per heavy atom. The lowest BCUT2D eigenvalue weighted by Crippen LogP contribution is -2.19. The molecule has 0 fully saturated rings. The van der Waals surface area contributed by atoms with Crippen molar-refractivity contribution in [2.45, 2.75) is 26.7 Å². The molecule has 1 aromatic carbocycles. The lowest BCUT2D eigenvalue weighted by Gasteiger charge is -2.14. The second-order valence-electron chi connectivity index (χ2n) is 4.68. The van der Waals surface area contributed by atoms with Crippen LogP contribution in [0.25, 0.3) is 0 Å². The Labute approximate surface area is 118 Å². The minimum Gasteiger partial charge on any atom is -0.396 e. The Balaban J connectivity index is 2.37. The summed E-state index contributed by atoms with van der Waals surface area (Å²) in [5, 5.41) is 6.98. The van der Waals surface area contributed by atoms with Crippen LogP contribution in [0.15, 0.2) is 24.4 Å². The van der Waals surface area contributed by atoms with E-state index in [1.54, 1.807) is 7.05 Å². The van der Waals surface area contributed by atoms with E-state index < -0.39 is 0 Å². The highest BCUT2D eigenvalue weighted by atomic mass is 16.2. The quantitative estimate of drug-likeness (QED) is 0.897. The fraction of sp³-hybridized carbons (Fsp3) is 0.333. The van der Waals surface area contributed by atoms with Gasteiger partial charge in [0.1, 0.15) is 5.69 Å². The highest BCUT2D eigenvalue weighted by molar-refractivity contribution is 6.07. The van der Waals surface area contributed by atoms with Gasteiger partial charge in [0.25, 0.3) is 5.91 Å². The van der Waals surface area contributed by atoms with E-state index in [2.05, 4.69) is 24.3 Å². The SMILES string of the molecule is CCc1cccc(CC)c1NC(=O)c1c(N)cnn1C. The number of aromatic nitrogens is 2. The minimum absolute atomic E-state index is 0.224. The summed E-state index contributed by atoms with van der Waals surface area (Å²) in [6.07, 6.45) is 3.22. The first-order valence-corrected chi connectivity index (χ1v) is 6.78. The molecule has 0 spiro atoms. The molecule has 3 N–H and O–H groups in total. The molecule has 5 nitrogen and oxygen atoms in total. The molecule has 0 atom stereocenters. The monoisotopic (exact) mass is 272 g/mol. The maximum Gasteiger partial charge on any atom is 0.276 e. The van der Waals surface area contributed by atoms with Gasteiger partial charge in [0.05, 0.1) is 11.9 Å². The number of hydrogen-bond acceptors (Lipinski definition) is 3. The standard InChI is InChI=1S/C15H20N4O/c1-4-10-7-6-8-11(5-2)13(10)18-15(20)14-12(16)9-17-19(14)3/h6-9H,4-5,16H2,1-3H3,(H,18,20). The molecule has 0 bridgehead atoms. The fourth-order valence-corrected chi connectivity index (χ4v) is 2.31. The summed E-state index contributed by atoms with van der Waals surface area (Å²) < 4.78 is 1.49. The summed E-state index contributed by atoms with van der Waals surface area (Å²) >= 11 is 0. The van der Waals surface area contributed by atoms with Crippen LogP contribution in [0, 0.1) is 0 Å². The highest BCUT2D eigenvalue weighted by Crippen LogP contribution is 2.24. The molecule has 106 valence electrons.